The molecule has 0 aliphatic carbocycles. The molecule has 2 unspecified atom stereocenters. The van der Waals surface area contributed by atoms with Gasteiger partial charge in [0, 0.05) is 38.6 Å². The van der Waals surface area contributed by atoms with Gasteiger partial charge < -0.3 is 9.64 Å². The quantitative estimate of drug-likeness (QED) is 0.390. The van der Waals surface area contributed by atoms with Crippen molar-refractivity contribution in [3.05, 3.63) is 45.7 Å². The zero-order valence-electron chi connectivity index (χ0n) is 17.0. The minimum absolute atomic E-state index is 0.327. The third-order valence-corrected chi connectivity index (χ3v) is 6.71. The van der Waals surface area contributed by atoms with Crippen molar-refractivity contribution in [2.75, 3.05) is 39.4 Å². The van der Waals surface area contributed by atoms with Crippen LogP contribution in [0.15, 0.2) is 24.5 Å². The molecule has 1 amide bonds. The van der Waals surface area contributed by atoms with Crippen LogP contribution >= 0.6 is 11.3 Å². The van der Waals surface area contributed by atoms with Crippen LogP contribution in [-0.4, -0.2) is 76.6 Å². The number of aromatic nitrogens is 2. The van der Waals surface area contributed by atoms with Crippen LogP contribution in [0.25, 0.3) is 0 Å². The third-order valence-electron chi connectivity index (χ3n) is 5.62. The Morgan fingerprint density at radius 1 is 1.17 bits per heavy atom. The van der Waals surface area contributed by atoms with Gasteiger partial charge in [-0.25, -0.2) is 4.98 Å². The lowest BCUT2D eigenvalue weighted by Crippen LogP contribution is -2.42. The Kier molecular flexibility index (Phi) is 6.03. The predicted octanol–water partition coefficient (Wildman–Crippen LogP) is 1.44. The van der Waals surface area contributed by atoms with Crippen LogP contribution in [0, 0.1) is 19.8 Å². The molecule has 0 saturated carbocycles. The van der Waals surface area contributed by atoms with Gasteiger partial charge >= 0.3 is 0 Å². The number of ketones is 2. The molecule has 0 aromatic carbocycles. The van der Waals surface area contributed by atoms with Crippen LogP contribution in [0.5, 0.6) is 0 Å². The van der Waals surface area contributed by atoms with Crippen molar-refractivity contribution in [1.29, 1.82) is 0 Å². The molecule has 30 heavy (non-hydrogen) atoms. The Balaban J connectivity index is 1.66. The number of morpholine rings is 1. The molecule has 0 radical (unpaired) electrons. The maximum Gasteiger partial charge on any atom is 0.291 e. The van der Waals surface area contributed by atoms with Crippen LogP contribution in [-0.2, 0) is 14.3 Å². The Morgan fingerprint density at radius 2 is 1.87 bits per heavy atom. The van der Waals surface area contributed by atoms with Crippen molar-refractivity contribution < 1.29 is 19.1 Å². The summed E-state index contributed by atoms with van der Waals surface area (Å²) in [6.07, 6.45) is 3.23. The molecular formula is C21H24N4O4S. The highest BCUT2D eigenvalue weighted by molar-refractivity contribution is 7.13. The van der Waals surface area contributed by atoms with Crippen molar-refractivity contribution in [3.8, 4) is 0 Å². The van der Waals surface area contributed by atoms with E-state index in [0.29, 0.717) is 36.9 Å². The molecule has 0 bridgehead atoms. The van der Waals surface area contributed by atoms with E-state index < -0.39 is 23.7 Å². The molecule has 2 aromatic rings. The average molecular weight is 429 g/mol. The number of Topliss-reactive ketones (excluding diaryl/α,β-unsaturated/α-hetero) is 2. The van der Waals surface area contributed by atoms with Gasteiger partial charge in [0.05, 0.1) is 34.8 Å². The molecular weight excluding hydrogens is 404 g/mol. The molecule has 2 saturated heterocycles. The molecule has 2 atom stereocenters. The fraction of sp³-hybridized carbons (Fsp3) is 0.476. The van der Waals surface area contributed by atoms with Crippen molar-refractivity contribution in [2.24, 2.45) is 5.92 Å². The van der Waals surface area contributed by atoms with E-state index in [0.717, 1.165) is 23.7 Å². The first-order valence-corrected chi connectivity index (χ1v) is 10.8. The number of rotatable bonds is 6. The summed E-state index contributed by atoms with van der Waals surface area (Å²) < 4.78 is 5.38. The normalized spacial score (nSPS) is 22.7. The lowest BCUT2D eigenvalue weighted by Gasteiger charge is -2.31. The van der Waals surface area contributed by atoms with Gasteiger partial charge in [0.2, 0.25) is 5.78 Å². The van der Waals surface area contributed by atoms with Crippen molar-refractivity contribution in [2.45, 2.75) is 19.9 Å². The van der Waals surface area contributed by atoms with Crippen molar-refractivity contribution in [1.82, 2.24) is 19.8 Å². The van der Waals surface area contributed by atoms with E-state index in [2.05, 4.69) is 14.9 Å². The van der Waals surface area contributed by atoms with E-state index in [1.54, 1.807) is 36.4 Å². The number of ether oxygens (including phenoxy) is 1. The highest BCUT2D eigenvalue weighted by Gasteiger charge is 2.52. The van der Waals surface area contributed by atoms with Gasteiger partial charge in [-0.3, -0.25) is 24.3 Å². The minimum atomic E-state index is -1.07. The van der Waals surface area contributed by atoms with Crippen molar-refractivity contribution >= 4 is 28.8 Å². The van der Waals surface area contributed by atoms with Crippen LogP contribution in [0.1, 0.15) is 32.0 Å². The van der Waals surface area contributed by atoms with E-state index in [-0.39, 0.29) is 5.78 Å². The molecule has 4 heterocycles. The van der Waals surface area contributed by atoms with E-state index in [9.17, 15) is 14.4 Å². The molecule has 0 spiro atoms. The van der Waals surface area contributed by atoms with Gasteiger partial charge in [-0.15, -0.1) is 11.3 Å². The summed E-state index contributed by atoms with van der Waals surface area (Å²) in [7, 11) is 0. The summed E-state index contributed by atoms with van der Waals surface area (Å²) >= 11 is 1.27. The first-order valence-electron chi connectivity index (χ1n) is 10.0. The fourth-order valence-electron chi connectivity index (χ4n) is 4.14. The highest BCUT2D eigenvalue weighted by atomic mass is 32.1. The number of thiazole rings is 1. The van der Waals surface area contributed by atoms with Gasteiger partial charge in [-0.1, -0.05) is 0 Å². The second kappa shape index (κ2) is 8.71. The molecule has 9 heteroatoms. The number of pyridine rings is 1. The molecule has 2 aromatic heterocycles. The lowest BCUT2D eigenvalue weighted by molar-refractivity contribution is -0.141. The Bertz CT molecular complexity index is 955. The van der Waals surface area contributed by atoms with Gasteiger partial charge in [0.25, 0.3) is 5.91 Å². The summed E-state index contributed by atoms with van der Waals surface area (Å²) in [6, 6.07) is 2.90. The van der Waals surface area contributed by atoms with Gasteiger partial charge in [0.1, 0.15) is 5.92 Å². The number of nitrogens with zero attached hydrogens (tertiary/aromatic N) is 4. The zero-order valence-corrected chi connectivity index (χ0v) is 17.9. The summed E-state index contributed by atoms with van der Waals surface area (Å²) in [5.41, 5.74) is 1.34. The molecule has 2 aliphatic rings. The molecule has 4 rings (SSSR count). The number of aryl methyl sites for hydroxylation is 2. The molecule has 2 aliphatic heterocycles. The number of hydrogen-bond donors (Lipinski definition) is 0. The second-order valence-corrected chi connectivity index (χ2v) is 8.73. The predicted molar refractivity (Wildman–Crippen MR) is 110 cm³/mol. The highest BCUT2D eigenvalue weighted by Crippen LogP contribution is 2.39. The van der Waals surface area contributed by atoms with Gasteiger partial charge in [-0.05, 0) is 31.5 Å². The van der Waals surface area contributed by atoms with E-state index in [4.69, 9.17) is 4.74 Å². The first-order chi connectivity index (χ1) is 14.5. The monoisotopic (exact) mass is 428 g/mol. The Labute approximate surface area is 178 Å². The number of carbonyl (C=O) groups is 3. The largest absolute Gasteiger partial charge is 0.379 e. The first kappa shape index (κ1) is 20.8. The number of amides is 1. The Hall–Kier alpha value is -2.49. The third kappa shape index (κ3) is 3.92. The molecule has 158 valence electrons. The topological polar surface area (TPSA) is 92.7 Å². The van der Waals surface area contributed by atoms with Crippen molar-refractivity contribution in [3.63, 3.8) is 0 Å². The fourth-order valence-corrected chi connectivity index (χ4v) is 5.03. The van der Waals surface area contributed by atoms with Gasteiger partial charge in [0.15, 0.2) is 5.78 Å². The summed E-state index contributed by atoms with van der Waals surface area (Å²) in [5, 5.41) is 0.761. The molecule has 2 fully saturated rings. The van der Waals surface area contributed by atoms with Crippen LogP contribution < -0.4 is 0 Å². The summed E-state index contributed by atoms with van der Waals surface area (Å²) in [4.78, 5) is 51.9. The van der Waals surface area contributed by atoms with E-state index >= 15 is 0 Å². The van der Waals surface area contributed by atoms with E-state index in [1.807, 2.05) is 6.92 Å². The van der Waals surface area contributed by atoms with Crippen LogP contribution in [0.3, 0.4) is 0 Å². The Morgan fingerprint density at radius 3 is 2.50 bits per heavy atom. The van der Waals surface area contributed by atoms with E-state index in [1.165, 1.54) is 11.3 Å². The number of carbonyl (C=O) groups excluding carboxylic acids is 3. The van der Waals surface area contributed by atoms with Crippen LogP contribution in [0.4, 0.5) is 0 Å². The average Bonchev–Trinajstić information content (AvgIpc) is 3.23. The van der Waals surface area contributed by atoms with Crippen LogP contribution in [0.2, 0.25) is 0 Å². The maximum atomic E-state index is 13.4. The smallest absolute Gasteiger partial charge is 0.291 e. The van der Waals surface area contributed by atoms with Gasteiger partial charge in [-0.2, -0.15) is 0 Å². The summed E-state index contributed by atoms with van der Waals surface area (Å²) in [5.74, 6) is -2.63. The minimum Gasteiger partial charge on any atom is -0.379 e. The zero-order chi connectivity index (χ0) is 21.3. The number of likely N-dealkylation sites (tertiary alicyclic amines) is 1. The molecule has 0 N–H and O–H groups in total. The maximum absolute atomic E-state index is 13.4. The summed E-state index contributed by atoms with van der Waals surface area (Å²) in [6.45, 7) is 7.49. The SMILES string of the molecule is Cc1nc(C)c(C(=O)C2C(=O)C(=O)N(CCN3CCOCC3)C2c2ccncc2)s1. The standard InChI is InChI=1S/C21H24N4O4S/c1-13-20(30-14(2)23-13)18(26)16-17(15-3-5-22-6-4-15)25(21(28)19(16)27)8-7-24-9-11-29-12-10-24/h3-6,16-17H,7-12H2,1-2H3. The molecule has 8 nitrogen and oxygen atoms in total. The lowest BCUT2D eigenvalue weighted by atomic mass is 9.88. The second-order valence-electron chi connectivity index (χ2n) is 7.53. The number of hydrogen-bond acceptors (Lipinski definition) is 8.